The SMILES string of the molecule is NCC=NCCCN=CCN. The van der Waals surface area contributed by atoms with Crippen molar-refractivity contribution in [2.45, 2.75) is 6.42 Å². The van der Waals surface area contributed by atoms with Crippen molar-refractivity contribution in [2.24, 2.45) is 21.5 Å². The van der Waals surface area contributed by atoms with Gasteiger partial charge in [-0.05, 0) is 6.42 Å². The smallest absolute Gasteiger partial charge is 0.0403 e. The van der Waals surface area contributed by atoms with Crippen LogP contribution in [0.1, 0.15) is 6.42 Å². The molecule has 4 nitrogen and oxygen atoms in total. The minimum Gasteiger partial charge on any atom is -0.326 e. The predicted molar refractivity (Wildman–Crippen MR) is 49.4 cm³/mol. The molecule has 0 amide bonds. The van der Waals surface area contributed by atoms with E-state index in [2.05, 4.69) is 9.98 Å². The standard InChI is InChI=1S/C7H16N4/c8-2-6-10-4-1-5-11-7-3-9/h6-7H,1-5,8-9H2. The molecule has 0 rings (SSSR count). The van der Waals surface area contributed by atoms with Crippen LogP contribution in [0.5, 0.6) is 0 Å². The van der Waals surface area contributed by atoms with Crippen molar-refractivity contribution in [3.63, 3.8) is 0 Å². The Kier molecular flexibility index (Phi) is 8.64. The van der Waals surface area contributed by atoms with Gasteiger partial charge in [-0.2, -0.15) is 0 Å². The van der Waals surface area contributed by atoms with Crippen molar-refractivity contribution < 1.29 is 0 Å². The zero-order valence-electron chi connectivity index (χ0n) is 6.74. The number of nitrogens with two attached hydrogens (primary N) is 2. The van der Waals surface area contributed by atoms with E-state index in [1.54, 1.807) is 12.4 Å². The normalized spacial score (nSPS) is 11.8. The molecule has 0 bridgehead atoms. The minimum absolute atomic E-state index is 0.520. The van der Waals surface area contributed by atoms with Crippen LogP contribution in [0.25, 0.3) is 0 Å². The largest absolute Gasteiger partial charge is 0.326 e. The van der Waals surface area contributed by atoms with Gasteiger partial charge in [0.15, 0.2) is 0 Å². The summed E-state index contributed by atoms with van der Waals surface area (Å²) in [4.78, 5) is 8.06. The summed E-state index contributed by atoms with van der Waals surface area (Å²) in [5, 5.41) is 0. The van der Waals surface area contributed by atoms with Gasteiger partial charge in [-0.15, -0.1) is 0 Å². The lowest BCUT2D eigenvalue weighted by Crippen LogP contribution is -2.01. The van der Waals surface area contributed by atoms with Gasteiger partial charge < -0.3 is 11.5 Å². The third kappa shape index (κ3) is 9.26. The number of aliphatic imine (C=N–C) groups is 2. The van der Waals surface area contributed by atoms with Gasteiger partial charge >= 0.3 is 0 Å². The van der Waals surface area contributed by atoms with Crippen LogP contribution in [0.3, 0.4) is 0 Å². The van der Waals surface area contributed by atoms with Crippen molar-refractivity contribution >= 4 is 12.4 Å². The zero-order valence-corrected chi connectivity index (χ0v) is 6.74. The Morgan fingerprint density at radius 2 is 1.36 bits per heavy atom. The lowest BCUT2D eigenvalue weighted by Gasteiger charge is -1.89. The van der Waals surface area contributed by atoms with Crippen molar-refractivity contribution in [3.05, 3.63) is 0 Å². The molecule has 4 heteroatoms. The van der Waals surface area contributed by atoms with Gasteiger partial charge in [0.05, 0.1) is 0 Å². The molecule has 0 aliphatic heterocycles. The third-order valence-corrected chi connectivity index (χ3v) is 1.04. The van der Waals surface area contributed by atoms with Crippen LogP contribution in [0, 0.1) is 0 Å². The molecule has 64 valence electrons. The van der Waals surface area contributed by atoms with Gasteiger partial charge in [-0.3, -0.25) is 9.98 Å². The van der Waals surface area contributed by atoms with Gasteiger partial charge in [0.25, 0.3) is 0 Å². The molecule has 0 saturated carbocycles. The maximum Gasteiger partial charge on any atom is 0.0403 e. The first-order chi connectivity index (χ1) is 5.41. The average Bonchev–Trinajstić information content (AvgIpc) is 2.03. The molecule has 0 atom stereocenters. The first-order valence-electron chi connectivity index (χ1n) is 3.78. The maximum absolute atomic E-state index is 5.20. The Hall–Kier alpha value is -0.740. The Labute approximate surface area is 67.4 Å². The van der Waals surface area contributed by atoms with E-state index in [0.717, 1.165) is 19.5 Å². The van der Waals surface area contributed by atoms with Crippen molar-refractivity contribution in [1.29, 1.82) is 0 Å². The molecule has 0 spiro atoms. The van der Waals surface area contributed by atoms with E-state index in [4.69, 9.17) is 11.5 Å². The number of nitrogens with zero attached hydrogens (tertiary/aromatic N) is 2. The summed E-state index contributed by atoms with van der Waals surface area (Å²) in [6.07, 6.45) is 4.40. The number of hydrogen-bond acceptors (Lipinski definition) is 4. The van der Waals surface area contributed by atoms with Gasteiger partial charge in [-0.1, -0.05) is 0 Å². The molecule has 0 unspecified atom stereocenters. The van der Waals surface area contributed by atoms with Crippen LogP contribution in [0.15, 0.2) is 9.98 Å². The van der Waals surface area contributed by atoms with E-state index in [-0.39, 0.29) is 0 Å². The van der Waals surface area contributed by atoms with E-state index in [1.807, 2.05) is 0 Å². The molecule has 0 aliphatic rings. The van der Waals surface area contributed by atoms with E-state index in [9.17, 15) is 0 Å². The molecule has 0 aromatic heterocycles. The van der Waals surface area contributed by atoms with Crippen molar-refractivity contribution in [2.75, 3.05) is 26.2 Å². The predicted octanol–water partition coefficient (Wildman–Crippen LogP) is -0.564. The molecule has 0 fully saturated rings. The second kappa shape index (κ2) is 9.26. The summed E-state index contributed by atoms with van der Waals surface area (Å²) in [7, 11) is 0. The van der Waals surface area contributed by atoms with Gasteiger partial charge in [0.1, 0.15) is 0 Å². The fraction of sp³-hybridized carbons (Fsp3) is 0.714. The summed E-state index contributed by atoms with van der Waals surface area (Å²) in [6.45, 7) is 2.65. The Morgan fingerprint density at radius 1 is 0.909 bits per heavy atom. The number of rotatable bonds is 6. The highest BCUT2D eigenvalue weighted by molar-refractivity contribution is 5.59. The topological polar surface area (TPSA) is 76.8 Å². The van der Waals surface area contributed by atoms with Crippen LogP contribution < -0.4 is 11.5 Å². The minimum atomic E-state index is 0.520. The summed E-state index contributed by atoms with van der Waals surface area (Å²) < 4.78 is 0. The quantitative estimate of drug-likeness (QED) is 0.399. The zero-order chi connectivity index (χ0) is 8.36. The molecule has 4 N–H and O–H groups in total. The second-order valence-electron chi connectivity index (χ2n) is 2.00. The summed E-state index contributed by atoms with van der Waals surface area (Å²) >= 11 is 0. The molecular formula is C7H16N4. The van der Waals surface area contributed by atoms with E-state index in [0.29, 0.717) is 13.1 Å². The monoisotopic (exact) mass is 156 g/mol. The van der Waals surface area contributed by atoms with Crippen LogP contribution in [-0.4, -0.2) is 38.6 Å². The summed E-state index contributed by atoms with van der Waals surface area (Å²) in [5.41, 5.74) is 10.4. The summed E-state index contributed by atoms with van der Waals surface area (Å²) in [6, 6.07) is 0. The summed E-state index contributed by atoms with van der Waals surface area (Å²) in [5.74, 6) is 0. The molecule has 0 aromatic rings. The molecule has 0 aromatic carbocycles. The molecule has 11 heavy (non-hydrogen) atoms. The molecular weight excluding hydrogens is 140 g/mol. The third-order valence-electron chi connectivity index (χ3n) is 1.04. The fourth-order valence-electron chi connectivity index (χ4n) is 0.585. The fourth-order valence-corrected chi connectivity index (χ4v) is 0.585. The van der Waals surface area contributed by atoms with Crippen molar-refractivity contribution in [1.82, 2.24) is 0 Å². The Balaban J connectivity index is 3.02. The Bertz CT molecular complexity index is 106. The van der Waals surface area contributed by atoms with Crippen LogP contribution in [-0.2, 0) is 0 Å². The first kappa shape index (κ1) is 10.3. The average molecular weight is 156 g/mol. The molecule has 0 heterocycles. The highest BCUT2D eigenvalue weighted by Crippen LogP contribution is 1.80. The van der Waals surface area contributed by atoms with Crippen LogP contribution >= 0.6 is 0 Å². The van der Waals surface area contributed by atoms with E-state index in [1.165, 1.54) is 0 Å². The molecule has 0 radical (unpaired) electrons. The second-order valence-corrected chi connectivity index (χ2v) is 2.00. The van der Waals surface area contributed by atoms with Crippen molar-refractivity contribution in [3.8, 4) is 0 Å². The van der Waals surface area contributed by atoms with E-state index < -0.39 is 0 Å². The van der Waals surface area contributed by atoms with E-state index >= 15 is 0 Å². The number of hydrogen-bond donors (Lipinski definition) is 2. The molecule has 0 aliphatic carbocycles. The van der Waals surface area contributed by atoms with Gasteiger partial charge in [0, 0.05) is 38.6 Å². The van der Waals surface area contributed by atoms with Gasteiger partial charge in [-0.25, -0.2) is 0 Å². The Morgan fingerprint density at radius 3 is 1.73 bits per heavy atom. The van der Waals surface area contributed by atoms with Crippen LogP contribution in [0.2, 0.25) is 0 Å². The van der Waals surface area contributed by atoms with Crippen LogP contribution in [0.4, 0.5) is 0 Å². The van der Waals surface area contributed by atoms with Gasteiger partial charge in [0.2, 0.25) is 0 Å². The highest BCUT2D eigenvalue weighted by atomic mass is 14.8. The first-order valence-corrected chi connectivity index (χ1v) is 3.78. The highest BCUT2D eigenvalue weighted by Gasteiger charge is 1.79. The molecule has 0 saturated heterocycles. The maximum atomic E-state index is 5.20. The lowest BCUT2D eigenvalue weighted by atomic mass is 10.4. The lowest BCUT2D eigenvalue weighted by molar-refractivity contribution is 0.848.